The van der Waals surface area contributed by atoms with Crippen molar-refractivity contribution in [2.75, 3.05) is 25.2 Å². The molecule has 1 fully saturated rings. The van der Waals surface area contributed by atoms with Gasteiger partial charge in [-0.25, -0.2) is 13.2 Å². The topological polar surface area (TPSA) is 114 Å². The summed E-state index contributed by atoms with van der Waals surface area (Å²) >= 11 is 0. The molecular formula is C16H22N2O6S. The molecule has 0 aromatic carbocycles. The number of Topliss-reactive ketones (excluding diaryl/α,β-unsaturated/α-hetero) is 1. The summed E-state index contributed by atoms with van der Waals surface area (Å²) < 4.78 is 28.0. The van der Waals surface area contributed by atoms with E-state index in [0.29, 0.717) is 23.2 Å². The van der Waals surface area contributed by atoms with Crippen LogP contribution in [0.2, 0.25) is 0 Å². The van der Waals surface area contributed by atoms with E-state index in [-0.39, 0.29) is 23.0 Å². The van der Waals surface area contributed by atoms with Gasteiger partial charge in [0.15, 0.2) is 22.2 Å². The molecule has 1 amide bonds. The minimum Gasteiger partial charge on any atom is -0.451 e. The fraction of sp³-hybridized carbons (Fsp3) is 0.562. The lowest BCUT2D eigenvalue weighted by Gasteiger charge is -2.23. The number of ether oxygens (including phenoxy) is 1. The van der Waals surface area contributed by atoms with Crippen molar-refractivity contribution in [2.24, 2.45) is 0 Å². The molecule has 1 aromatic rings. The molecule has 9 heteroatoms. The van der Waals surface area contributed by atoms with Crippen LogP contribution in [-0.4, -0.2) is 67.2 Å². The van der Waals surface area contributed by atoms with E-state index in [9.17, 15) is 22.8 Å². The largest absolute Gasteiger partial charge is 0.451 e. The van der Waals surface area contributed by atoms with Gasteiger partial charge >= 0.3 is 5.97 Å². The molecule has 0 radical (unpaired) electrons. The van der Waals surface area contributed by atoms with E-state index in [1.807, 2.05) is 0 Å². The quantitative estimate of drug-likeness (QED) is 0.601. The van der Waals surface area contributed by atoms with Gasteiger partial charge in [0.2, 0.25) is 0 Å². The first-order valence-electron chi connectivity index (χ1n) is 7.86. The molecule has 0 spiro atoms. The van der Waals surface area contributed by atoms with E-state index in [0.717, 1.165) is 0 Å². The van der Waals surface area contributed by atoms with Crippen LogP contribution in [-0.2, 0) is 19.4 Å². The summed E-state index contributed by atoms with van der Waals surface area (Å²) in [4.78, 5) is 40.0. The predicted molar refractivity (Wildman–Crippen MR) is 90.4 cm³/mol. The summed E-state index contributed by atoms with van der Waals surface area (Å²) in [6, 6.07) is -0.394. The summed E-state index contributed by atoms with van der Waals surface area (Å²) in [6.45, 7) is 4.24. The lowest BCUT2D eigenvalue weighted by atomic mass is 10.1. The van der Waals surface area contributed by atoms with E-state index in [1.165, 1.54) is 18.9 Å². The highest BCUT2D eigenvalue weighted by Crippen LogP contribution is 2.20. The van der Waals surface area contributed by atoms with Gasteiger partial charge in [0, 0.05) is 24.3 Å². The molecule has 0 unspecified atom stereocenters. The third-order valence-corrected chi connectivity index (χ3v) is 6.22. The van der Waals surface area contributed by atoms with Crippen LogP contribution < -0.4 is 0 Å². The van der Waals surface area contributed by atoms with E-state index in [2.05, 4.69) is 4.98 Å². The number of likely N-dealkylation sites (N-methyl/N-ethyl adjacent to an activating group) is 1. The van der Waals surface area contributed by atoms with Crippen molar-refractivity contribution in [1.82, 2.24) is 9.88 Å². The molecule has 1 aliphatic heterocycles. The summed E-state index contributed by atoms with van der Waals surface area (Å²) in [5, 5.41) is 0. The van der Waals surface area contributed by atoms with Gasteiger partial charge in [-0.05, 0) is 32.8 Å². The number of hydrogen-bond donors (Lipinski definition) is 1. The number of aromatic nitrogens is 1. The lowest BCUT2D eigenvalue weighted by Crippen LogP contribution is -2.40. The van der Waals surface area contributed by atoms with Crippen molar-refractivity contribution in [1.29, 1.82) is 0 Å². The normalized spacial score (nSPS) is 18.8. The number of aromatic amines is 1. The van der Waals surface area contributed by atoms with Crippen molar-refractivity contribution in [3.63, 3.8) is 0 Å². The van der Waals surface area contributed by atoms with Gasteiger partial charge in [-0.3, -0.25) is 9.59 Å². The van der Waals surface area contributed by atoms with Gasteiger partial charge in [0.05, 0.1) is 11.5 Å². The molecule has 138 valence electrons. The first kappa shape index (κ1) is 19.2. The molecule has 2 rings (SSSR count). The Balaban J connectivity index is 1.99. The van der Waals surface area contributed by atoms with Crippen molar-refractivity contribution in [3.05, 3.63) is 22.5 Å². The van der Waals surface area contributed by atoms with Crippen LogP contribution in [0.5, 0.6) is 0 Å². The Bertz CT molecular complexity index is 824. The molecule has 1 aliphatic rings. The van der Waals surface area contributed by atoms with E-state index < -0.39 is 34.4 Å². The molecular weight excluding hydrogens is 348 g/mol. The third kappa shape index (κ3) is 4.09. The van der Waals surface area contributed by atoms with E-state index in [1.54, 1.807) is 13.8 Å². The highest BCUT2D eigenvalue weighted by atomic mass is 32.2. The highest BCUT2D eigenvalue weighted by Gasteiger charge is 2.33. The number of aryl methyl sites for hydroxylation is 1. The van der Waals surface area contributed by atoms with Crippen LogP contribution in [0.25, 0.3) is 0 Å². The van der Waals surface area contributed by atoms with Crippen LogP contribution in [0.4, 0.5) is 0 Å². The Labute approximate surface area is 146 Å². The summed E-state index contributed by atoms with van der Waals surface area (Å²) in [7, 11) is -1.60. The Hall–Kier alpha value is -2.16. The zero-order valence-electron chi connectivity index (χ0n) is 14.7. The van der Waals surface area contributed by atoms with Gasteiger partial charge in [-0.15, -0.1) is 0 Å². The van der Waals surface area contributed by atoms with E-state index in [4.69, 9.17) is 4.74 Å². The Kier molecular flexibility index (Phi) is 5.36. The number of esters is 1. The van der Waals surface area contributed by atoms with Gasteiger partial charge < -0.3 is 14.6 Å². The second-order valence-corrected chi connectivity index (χ2v) is 8.55. The molecule has 1 aromatic heterocycles. The van der Waals surface area contributed by atoms with Crippen LogP contribution >= 0.6 is 0 Å². The summed E-state index contributed by atoms with van der Waals surface area (Å²) in [6.07, 6.45) is 0.384. The van der Waals surface area contributed by atoms with Gasteiger partial charge in [-0.1, -0.05) is 0 Å². The van der Waals surface area contributed by atoms with Crippen molar-refractivity contribution in [3.8, 4) is 0 Å². The number of ketones is 1. The zero-order chi connectivity index (χ0) is 18.9. The number of carbonyl (C=O) groups is 3. The monoisotopic (exact) mass is 370 g/mol. The van der Waals surface area contributed by atoms with Crippen LogP contribution in [0, 0.1) is 13.8 Å². The molecule has 1 saturated heterocycles. The second kappa shape index (κ2) is 6.99. The number of carbonyl (C=O) groups excluding carboxylic acids is 3. The fourth-order valence-electron chi connectivity index (χ4n) is 3.07. The van der Waals surface area contributed by atoms with Gasteiger partial charge in [0.25, 0.3) is 5.91 Å². The molecule has 2 heterocycles. The average Bonchev–Trinajstić information content (AvgIpc) is 3.02. The maximum Gasteiger partial charge on any atom is 0.355 e. The number of sulfone groups is 1. The molecule has 0 saturated carbocycles. The molecule has 25 heavy (non-hydrogen) atoms. The van der Waals surface area contributed by atoms with Crippen LogP contribution in [0.1, 0.15) is 45.4 Å². The Morgan fingerprint density at radius 3 is 2.40 bits per heavy atom. The maximum atomic E-state index is 12.2. The van der Waals surface area contributed by atoms with Crippen LogP contribution in [0.3, 0.4) is 0 Å². The minimum absolute atomic E-state index is 0.0594. The summed E-state index contributed by atoms with van der Waals surface area (Å²) in [5.41, 5.74) is 1.63. The van der Waals surface area contributed by atoms with Crippen molar-refractivity contribution >= 4 is 27.5 Å². The first-order valence-corrected chi connectivity index (χ1v) is 9.69. The minimum atomic E-state index is -3.10. The maximum absolute atomic E-state index is 12.2. The fourth-order valence-corrected chi connectivity index (χ4v) is 4.84. The third-order valence-electron chi connectivity index (χ3n) is 4.47. The Morgan fingerprint density at radius 1 is 1.28 bits per heavy atom. The van der Waals surface area contributed by atoms with Crippen molar-refractivity contribution < 1.29 is 27.5 Å². The predicted octanol–water partition coefficient (Wildman–Crippen LogP) is 0.636. The van der Waals surface area contributed by atoms with E-state index >= 15 is 0 Å². The van der Waals surface area contributed by atoms with Crippen molar-refractivity contribution in [2.45, 2.75) is 33.2 Å². The van der Waals surface area contributed by atoms with Gasteiger partial charge in [-0.2, -0.15) is 0 Å². The molecule has 8 nitrogen and oxygen atoms in total. The number of rotatable bonds is 5. The first-order chi connectivity index (χ1) is 11.5. The standard InChI is InChI=1S/C16H22N2O6S/c1-9-14(11(3)19)10(2)17-15(9)16(21)24-7-13(20)18(4)12-5-6-25(22,23)8-12/h12,17H,5-8H2,1-4H3/t12-/m1/s1. The Morgan fingerprint density at radius 2 is 1.92 bits per heavy atom. The molecule has 0 aliphatic carbocycles. The number of amides is 1. The lowest BCUT2D eigenvalue weighted by molar-refractivity contribution is -0.134. The van der Waals surface area contributed by atoms with Gasteiger partial charge in [0.1, 0.15) is 5.69 Å². The number of H-pyrrole nitrogens is 1. The number of hydrogen-bond acceptors (Lipinski definition) is 6. The molecule has 0 bridgehead atoms. The SMILES string of the molecule is CC(=O)c1c(C)[nH]c(C(=O)OCC(=O)N(C)[C@@H]2CCS(=O)(=O)C2)c1C. The molecule has 1 atom stereocenters. The number of nitrogens with one attached hydrogen (secondary N) is 1. The smallest absolute Gasteiger partial charge is 0.355 e. The number of nitrogens with zero attached hydrogens (tertiary/aromatic N) is 1. The average molecular weight is 370 g/mol. The zero-order valence-corrected chi connectivity index (χ0v) is 15.5. The highest BCUT2D eigenvalue weighted by molar-refractivity contribution is 7.91. The van der Waals surface area contributed by atoms with Crippen LogP contribution in [0.15, 0.2) is 0 Å². The second-order valence-electron chi connectivity index (χ2n) is 6.32. The molecule has 1 N–H and O–H groups in total. The summed E-state index contributed by atoms with van der Waals surface area (Å²) in [5.74, 6) is -1.37.